The molecule has 8 heteroatoms. The van der Waals surface area contributed by atoms with Crippen LogP contribution in [-0.4, -0.2) is 25.7 Å². The molecule has 0 spiro atoms. The number of hydrogen-bond acceptors (Lipinski definition) is 5. The van der Waals surface area contributed by atoms with Gasteiger partial charge in [0.1, 0.15) is 16.9 Å². The van der Waals surface area contributed by atoms with E-state index in [1.807, 2.05) is 35.8 Å². The average Bonchev–Trinajstić information content (AvgIpc) is 3.08. The Morgan fingerprint density at radius 1 is 1.19 bits per heavy atom. The molecule has 0 radical (unpaired) electrons. The first-order valence-corrected chi connectivity index (χ1v) is 9.98. The summed E-state index contributed by atoms with van der Waals surface area (Å²) < 4.78 is 2.00. The Morgan fingerprint density at radius 2 is 1.89 bits per heavy atom. The number of aromatic nitrogens is 3. The number of carbonyl (C=O) groups excluding carboxylic acids is 1. The van der Waals surface area contributed by atoms with E-state index >= 15 is 0 Å². The van der Waals surface area contributed by atoms with Crippen molar-refractivity contribution < 1.29 is 4.79 Å². The predicted molar refractivity (Wildman–Crippen MR) is 109 cm³/mol. The monoisotopic (exact) mass is 418 g/mol. The van der Waals surface area contributed by atoms with Crippen LogP contribution in [0.5, 0.6) is 0 Å². The maximum absolute atomic E-state index is 11.7. The lowest BCUT2D eigenvalue weighted by Gasteiger charge is -2.10. The Kier molecular flexibility index (Phi) is 4.66. The third kappa shape index (κ3) is 3.12. The summed E-state index contributed by atoms with van der Waals surface area (Å²) in [5, 5.41) is 9.75. The lowest BCUT2D eigenvalue weighted by Crippen LogP contribution is -2.08. The van der Waals surface area contributed by atoms with Crippen molar-refractivity contribution in [3.05, 3.63) is 62.5 Å². The van der Waals surface area contributed by atoms with E-state index in [4.69, 9.17) is 28.2 Å². The van der Waals surface area contributed by atoms with Gasteiger partial charge in [0.2, 0.25) is 5.24 Å². The normalized spacial score (nSPS) is 15.7. The van der Waals surface area contributed by atoms with E-state index in [9.17, 15) is 4.79 Å². The minimum Gasteiger partial charge on any atom is -0.281 e. The summed E-state index contributed by atoms with van der Waals surface area (Å²) in [4.78, 5) is 17.8. The zero-order valence-corrected chi connectivity index (χ0v) is 17.3. The van der Waals surface area contributed by atoms with E-state index in [1.165, 1.54) is 4.88 Å². The standard InChI is InChI=1S/C19H16Cl2N4OS/c1-9-10(2)27-19-16(9)17(12-4-6-13(20)7-5-12)22-14(8-15(21)26)18-24-23-11(3)25(18)19/h4-7,14H,8H2,1-3H3/t14-/m0/s1. The molecule has 1 aliphatic rings. The van der Waals surface area contributed by atoms with Crippen molar-refractivity contribution in [1.29, 1.82) is 0 Å². The van der Waals surface area contributed by atoms with E-state index in [0.717, 1.165) is 33.2 Å². The molecule has 2 aromatic heterocycles. The second-order valence-electron chi connectivity index (χ2n) is 6.46. The summed E-state index contributed by atoms with van der Waals surface area (Å²) in [7, 11) is 0. The average molecular weight is 419 g/mol. The van der Waals surface area contributed by atoms with Crippen LogP contribution >= 0.6 is 34.5 Å². The molecule has 0 saturated heterocycles. The summed E-state index contributed by atoms with van der Waals surface area (Å²) in [6.45, 7) is 6.08. The van der Waals surface area contributed by atoms with Gasteiger partial charge in [-0.3, -0.25) is 14.4 Å². The van der Waals surface area contributed by atoms with Crippen LogP contribution in [-0.2, 0) is 4.79 Å². The molecule has 0 saturated carbocycles. The summed E-state index contributed by atoms with van der Waals surface area (Å²) >= 11 is 13.5. The Hall–Kier alpha value is -2.02. The first kappa shape index (κ1) is 18.3. The highest BCUT2D eigenvalue weighted by atomic mass is 35.5. The molecule has 27 heavy (non-hydrogen) atoms. The second-order valence-corrected chi connectivity index (χ2v) is 8.53. The van der Waals surface area contributed by atoms with Crippen molar-refractivity contribution in [2.45, 2.75) is 33.2 Å². The van der Waals surface area contributed by atoms with Crippen molar-refractivity contribution in [3.63, 3.8) is 0 Å². The molecular formula is C19H16Cl2N4OS. The van der Waals surface area contributed by atoms with Crippen LogP contribution in [0.2, 0.25) is 5.02 Å². The number of fused-ring (bicyclic) bond motifs is 3. The van der Waals surface area contributed by atoms with Gasteiger partial charge in [0.05, 0.1) is 12.1 Å². The molecule has 0 amide bonds. The predicted octanol–water partition coefficient (Wildman–Crippen LogP) is 4.96. The molecule has 5 nitrogen and oxygen atoms in total. The van der Waals surface area contributed by atoms with E-state index in [1.54, 1.807) is 11.3 Å². The van der Waals surface area contributed by atoms with E-state index in [2.05, 4.69) is 24.0 Å². The molecular weight excluding hydrogens is 403 g/mol. The fourth-order valence-corrected chi connectivity index (χ4v) is 4.77. The first-order valence-electron chi connectivity index (χ1n) is 8.41. The van der Waals surface area contributed by atoms with Gasteiger partial charge in [-0.2, -0.15) is 0 Å². The van der Waals surface area contributed by atoms with E-state index in [0.29, 0.717) is 10.8 Å². The molecule has 4 rings (SSSR count). The summed E-state index contributed by atoms with van der Waals surface area (Å²) in [6, 6.07) is 7.06. The number of nitrogens with zero attached hydrogens (tertiary/aromatic N) is 4. The number of aliphatic imine (C=N–C) groups is 1. The topological polar surface area (TPSA) is 60.1 Å². The molecule has 0 N–H and O–H groups in total. The fraction of sp³-hybridized carbons (Fsp3) is 0.263. The van der Waals surface area contributed by atoms with E-state index in [-0.39, 0.29) is 6.42 Å². The van der Waals surface area contributed by atoms with Crippen LogP contribution in [0.4, 0.5) is 0 Å². The van der Waals surface area contributed by atoms with Gasteiger partial charge in [0, 0.05) is 21.0 Å². The lowest BCUT2D eigenvalue weighted by molar-refractivity contribution is -0.112. The van der Waals surface area contributed by atoms with Crippen LogP contribution in [0, 0.1) is 20.8 Å². The summed E-state index contributed by atoms with van der Waals surface area (Å²) in [6.07, 6.45) is 0.0593. The minimum absolute atomic E-state index is 0.0593. The Labute approximate surface area is 170 Å². The van der Waals surface area contributed by atoms with Crippen molar-refractivity contribution in [2.75, 3.05) is 0 Å². The SMILES string of the molecule is Cc1sc2c(c1C)C(c1ccc(Cl)cc1)=N[C@@H](CC(=O)Cl)c1nnc(C)n1-2. The van der Waals surface area contributed by atoms with Gasteiger partial charge >= 0.3 is 0 Å². The van der Waals surface area contributed by atoms with Crippen LogP contribution in [0.3, 0.4) is 0 Å². The van der Waals surface area contributed by atoms with Crippen molar-refractivity contribution >= 4 is 45.5 Å². The smallest absolute Gasteiger partial charge is 0.224 e. The number of halogens is 2. The summed E-state index contributed by atoms with van der Waals surface area (Å²) in [5.74, 6) is 1.39. The zero-order chi connectivity index (χ0) is 19.3. The number of rotatable bonds is 3. The molecule has 0 unspecified atom stereocenters. The summed E-state index contributed by atoms with van der Waals surface area (Å²) in [5.41, 5.74) is 3.94. The highest BCUT2D eigenvalue weighted by Gasteiger charge is 2.32. The third-order valence-corrected chi connectivity index (χ3v) is 6.31. The molecule has 1 aromatic carbocycles. The zero-order valence-electron chi connectivity index (χ0n) is 15.0. The number of thiophene rings is 1. The number of benzene rings is 1. The highest BCUT2D eigenvalue weighted by molar-refractivity contribution is 7.15. The third-order valence-electron chi connectivity index (χ3n) is 4.71. The van der Waals surface area contributed by atoms with Crippen LogP contribution in [0.25, 0.3) is 5.00 Å². The fourth-order valence-electron chi connectivity index (χ4n) is 3.28. The molecule has 3 heterocycles. The van der Waals surface area contributed by atoms with Crippen LogP contribution in [0.15, 0.2) is 29.3 Å². The molecule has 1 aliphatic heterocycles. The minimum atomic E-state index is -0.499. The molecule has 0 fully saturated rings. The van der Waals surface area contributed by atoms with Gasteiger partial charge in [-0.05, 0) is 50.1 Å². The number of aryl methyl sites for hydroxylation is 2. The Balaban J connectivity index is 2.04. The van der Waals surface area contributed by atoms with Gasteiger partial charge in [0.25, 0.3) is 0 Å². The lowest BCUT2D eigenvalue weighted by atomic mass is 10.00. The number of carbonyl (C=O) groups is 1. The molecule has 138 valence electrons. The van der Waals surface area contributed by atoms with Crippen LogP contribution < -0.4 is 0 Å². The maximum atomic E-state index is 11.7. The van der Waals surface area contributed by atoms with E-state index < -0.39 is 11.3 Å². The number of hydrogen-bond donors (Lipinski definition) is 0. The molecule has 1 atom stereocenters. The first-order chi connectivity index (χ1) is 12.9. The van der Waals surface area contributed by atoms with Gasteiger partial charge in [-0.1, -0.05) is 23.7 Å². The van der Waals surface area contributed by atoms with Gasteiger partial charge in [0.15, 0.2) is 5.82 Å². The molecule has 0 aliphatic carbocycles. The molecule has 3 aromatic rings. The van der Waals surface area contributed by atoms with Gasteiger partial charge in [-0.25, -0.2) is 0 Å². The van der Waals surface area contributed by atoms with Crippen LogP contribution in [0.1, 0.15) is 45.7 Å². The Bertz CT molecular complexity index is 1080. The maximum Gasteiger partial charge on any atom is 0.224 e. The molecule has 0 bridgehead atoms. The van der Waals surface area contributed by atoms with Crippen molar-refractivity contribution in [1.82, 2.24) is 14.8 Å². The van der Waals surface area contributed by atoms with Gasteiger partial charge in [-0.15, -0.1) is 21.5 Å². The Morgan fingerprint density at radius 3 is 2.56 bits per heavy atom. The largest absolute Gasteiger partial charge is 0.281 e. The second kappa shape index (κ2) is 6.86. The van der Waals surface area contributed by atoms with Crippen molar-refractivity contribution in [2.24, 2.45) is 4.99 Å². The van der Waals surface area contributed by atoms with Gasteiger partial charge < -0.3 is 0 Å². The van der Waals surface area contributed by atoms with Crippen molar-refractivity contribution in [3.8, 4) is 5.00 Å². The quantitative estimate of drug-likeness (QED) is 0.564. The highest BCUT2D eigenvalue weighted by Crippen LogP contribution is 2.39.